The fourth-order valence-electron chi connectivity index (χ4n) is 7.79. The van der Waals surface area contributed by atoms with E-state index in [-0.39, 0.29) is 65.6 Å². The summed E-state index contributed by atoms with van der Waals surface area (Å²) >= 11 is 0. The molecule has 2 heterocycles. The van der Waals surface area contributed by atoms with Gasteiger partial charge in [-0.2, -0.15) is 0 Å². The van der Waals surface area contributed by atoms with Crippen LogP contribution in [0.4, 0.5) is 0 Å². The second-order valence-corrected chi connectivity index (χ2v) is 14.7. The molecule has 11 nitrogen and oxygen atoms in total. The van der Waals surface area contributed by atoms with Crippen LogP contribution in [0.1, 0.15) is 33.9 Å². The highest BCUT2D eigenvalue weighted by molar-refractivity contribution is 5.97. The Morgan fingerprint density at radius 3 is 1.57 bits per heavy atom. The van der Waals surface area contributed by atoms with Crippen LogP contribution in [0.5, 0.6) is 23.0 Å². The summed E-state index contributed by atoms with van der Waals surface area (Å²) in [4.78, 5) is 14.5. The lowest BCUT2D eigenvalue weighted by molar-refractivity contribution is -0.275. The average Bonchev–Trinajstić information content (AvgIpc) is 3.30. The molecule has 1 saturated heterocycles. The molecule has 61 heavy (non-hydrogen) atoms. The first kappa shape index (κ1) is 41.5. The van der Waals surface area contributed by atoms with Crippen LogP contribution in [-0.4, -0.2) is 57.5 Å². The van der Waals surface area contributed by atoms with Gasteiger partial charge in [0.2, 0.25) is 5.43 Å². The SMILES string of the molecule is COc1cc2oc3c([C@@H]4O[C@H](COCc5ccccc5)[C@@H](OCc5ccccc5)[C@H](OCc5ccccc5)[C@H]4OCc4ccccc4)c(OC)cc(OC)c3c(=O)c2cc1O. The van der Waals surface area contributed by atoms with Gasteiger partial charge in [-0.25, -0.2) is 0 Å². The Labute approximate surface area is 353 Å². The van der Waals surface area contributed by atoms with E-state index in [1.54, 1.807) is 6.07 Å². The van der Waals surface area contributed by atoms with Crippen LogP contribution in [0.2, 0.25) is 0 Å². The van der Waals surface area contributed by atoms with Crippen LogP contribution in [0.3, 0.4) is 0 Å². The maximum atomic E-state index is 14.5. The number of phenols is 1. The molecular formula is C50H48O11. The van der Waals surface area contributed by atoms with Crippen LogP contribution in [0, 0.1) is 0 Å². The highest BCUT2D eigenvalue weighted by Gasteiger charge is 2.51. The smallest absolute Gasteiger partial charge is 0.204 e. The van der Waals surface area contributed by atoms with Crippen LogP contribution < -0.4 is 19.6 Å². The Morgan fingerprint density at radius 1 is 0.557 bits per heavy atom. The van der Waals surface area contributed by atoms with Gasteiger partial charge in [0, 0.05) is 12.1 Å². The van der Waals surface area contributed by atoms with Crippen molar-refractivity contribution in [3.8, 4) is 23.0 Å². The molecule has 0 saturated carbocycles. The number of hydrogen-bond acceptors (Lipinski definition) is 11. The predicted molar refractivity (Wildman–Crippen MR) is 230 cm³/mol. The highest BCUT2D eigenvalue weighted by atomic mass is 16.6. The third-order valence-electron chi connectivity index (χ3n) is 10.8. The summed E-state index contributed by atoms with van der Waals surface area (Å²) in [6.45, 7) is 1.12. The van der Waals surface area contributed by atoms with Crippen molar-refractivity contribution in [1.82, 2.24) is 0 Å². The minimum Gasteiger partial charge on any atom is -0.504 e. The normalized spacial score (nSPS) is 18.9. The largest absolute Gasteiger partial charge is 0.504 e. The van der Waals surface area contributed by atoms with E-state index >= 15 is 0 Å². The van der Waals surface area contributed by atoms with Crippen LogP contribution in [0.25, 0.3) is 21.9 Å². The summed E-state index contributed by atoms with van der Waals surface area (Å²) in [5.41, 5.74) is 4.12. The minimum absolute atomic E-state index is 0.112. The van der Waals surface area contributed by atoms with Crippen LogP contribution >= 0.6 is 0 Å². The molecule has 5 atom stereocenters. The first-order valence-corrected chi connectivity index (χ1v) is 20.1. The average molecular weight is 825 g/mol. The Balaban J connectivity index is 1.31. The lowest BCUT2D eigenvalue weighted by Crippen LogP contribution is -2.58. The van der Waals surface area contributed by atoms with E-state index in [9.17, 15) is 9.90 Å². The molecule has 1 N–H and O–H groups in total. The van der Waals surface area contributed by atoms with Crippen molar-refractivity contribution in [2.75, 3.05) is 27.9 Å². The van der Waals surface area contributed by atoms with Crippen molar-refractivity contribution in [3.05, 3.63) is 178 Å². The first-order chi connectivity index (χ1) is 29.9. The molecule has 0 radical (unpaired) electrons. The van der Waals surface area contributed by atoms with Crippen LogP contribution in [0.15, 0.2) is 149 Å². The molecule has 11 heteroatoms. The second-order valence-electron chi connectivity index (χ2n) is 14.7. The number of rotatable bonds is 17. The molecule has 0 amide bonds. The van der Waals surface area contributed by atoms with Crippen molar-refractivity contribution in [2.45, 2.75) is 56.9 Å². The molecule has 0 aliphatic carbocycles. The Kier molecular flexibility index (Phi) is 13.2. The number of methoxy groups -OCH3 is 3. The van der Waals surface area contributed by atoms with Crippen molar-refractivity contribution < 1.29 is 47.4 Å². The lowest BCUT2D eigenvalue weighted by atomic mass is 9.88. The fraction of sp³-hybridized carbons (Fsp3) is 0.260. The number of fused-ring (bicyclic) bond motifs is 2. The zero-order chi connectivity index (χ0) is 42.1. The van der Waals surface area contributed by atoms with Gasteiger partial charge in [0.25, 0.3) is 0 Å². The molecule has 8 rings (SSSR count). The summed E-state index contributed by atoms with van der Waals surface area (Å²) in [5.74, 6) is 0.457. The van der Waals surface area contributed by atoms with E-state index in [1.165, 1.54) is 33.5 Å². The Hall–Kier alpha value is -6.21. The van der Waals surface area contributed by atoms with Gasteiger partial charge in [-0.1, -0.05) is 121 Å². The Morgan fingerprint density at radius 2 is 1.05 bits per heavy atom. The molecule has 1 aromatic heterocycles. The summed E-state index contributed by atoms with van der Waals surface area (Å²) in [6, 6.07) is 44.0. The predicted octanol–water partition coefficient (Wildman–Crippen LogP) is 9.09. The highest BCUT2D eigenvalue weighted by Crippen LogP contribution is 2.47. The number of benzene rings is 6. The van der Waals surface area contributed by atoms with Crippen LogP contribution in [-0.2, 0) is 50.1 Å². The van der Waals surface area contributed by atoms with Gasteiger partial charge < -0.3 is 47.4 Å². The molecule has 0 bridgehead atoms. The molecule has 1 aliphatic heterocycles. The third kappa shape index (κ3) is 9.26. The summed E-state index contributed by atoms with van der Waals surface area (Å²) < 4.78 is 58.5. The molecule has 7 aromatic rings. The molecule has 1 fully saturated rings. The van der Waals surface area contributed by atoms with Gasteiger partial charge >= 0.3 is 0 Å². The number of phenolic OH excluding ortho intramolecular Hbond substituents is 1. The zero-order valence-electron chi connectivity index (χ0n) is 34.2. The van der Waals surface area contributed by atoms with Gasteiger partial charge in [0.1, 0.15) is 53.0 Å². The van der Waals surface area contributed by atoms with E-state index < -0.39 is 35.9 Å². The first-order valence-electron chi connectivity index (χ1n) is 20.1. The number of ether oxygens (including phenoxy) is 8. The molecule has 6 aromatic carbocycles. The number of hydrogen-bond donors (Lipinski definition) is 1. The van der Waals surface area contributed by atoms with Gasteiger partial charge in [0.15, 0.2) is 17.1 Å². The van der Waals surface area contributed by atoms with Crippen molar-refractivity contribution in [1.29, 1.82) is 0 Å². The van der Waals surface area contributed by atoms with Crippen molar-refractivity contribution >= 4 is 21.9 Å². The Bertz CT molecular complexity index is 2570. The monoisotopic (exact) mass is 824 g/mol. The maximum Gasteiger partial charge on any atom is 0.204 e. The maximum absolute atomic E-state index is 14.5. The van der Waals surface area contributed by atoms with Gasteiger partial charge in [-0.05, 0) is 28.3 Å². The van der Waals surface area contributed by atoms with E-state index in [0.717, 1.165) is 22.3 Å². The van der Waals surface area contributed by atoms with E-state index in [1.807, 2.05) is 121 Å². The standard InChI is InChI=1S/C50H48O11/c1-53-39-25-38-36(24-37(39)51)45(52)43-40(54-2)26-41(55-3)44(47(43)60-38)48-50(59-30-35-22-14-7-15-23-35)49(58-29-34-20-12-6-13-21-34)46(57-28-33-18-10-5-11-19-33)42(61-48)31-56-27-32-16-8-4-9-17-32/h4-26,42,46,48-51H,27-31H2,1-3H3/t42-,46-,48+,49+,50+/m1/s1. The second kappa shape index (κ2) is 19.4. The lowest BCUT2D eigenvalue weighted by Gasteiger charge is -2.46. The zero-order valence-corrected chi connectivity index (χ0v) is 34.2. The summed E-state index contributed by atoms with van der Waals surface area (Å²) in [6.07, 6.45) is -4.10. The molecule has 0 unspecified atom stereocenters. The molecule has 1 aliphatic rings. The number of aromatic hydroxyl groups is 1. The third-order valence-corrected chi connectivity index (χ3v) is 10.8. The summed E-state index contributed by atoms with van der Waals surface area (Å²) in [5, 5.41) is 11.0. The molecule has 314 valence electrons. The molecular weight excluding hydrogens is 777 g/mol. The molecule has 0 spiro atoms. The van der Waals surface area contributed by atoms with E-state index in [2.05, 4.69) is 0 Å². The van der Waals surface area contributed by atoms with Gasteiger partial charge in [-0.3, -0.25) is 4.79 Å². The van der Waals surface area contributed by atoms with Crippen molar-refractivity contribution in [2.24, 2.45) is 0 Å². The van der Waals surface area contributed by atoms with E-state index in [4.69, 9.17) is 42.3 Å². The van der Waals surface area contributed by atoms with Gasteiger partial charge in [0.05, 0.1) is 65.3 Å². The summed E-state index contributed by atoms with van der Waals surface area (Å²) in [7, 11) is 4.42. The van der Waals surface area contributed by atoms with E-state index in [0.29, 0.717) is 17.9 Å². The fourth-order valence-corrected chi connectivity index (χ4v) is 7.79. The van der Waals surface area contributed by atoms with Crippen molar-refractivity contribution in [3.63, 3.8) is 0 Å². The topological polar surface area (TPSA) is 124 Å². The minimum atomic E-state index is -0.991. The van der Waals surface area contributed by atoms with Gasteiger partial charge in [-0.15, -0.1) is 0 Å². The quantitative estimate of drug-likeness (QED) is 0.0885.